The second kappa shape index (κ2) is 6.66. The van der Waals surface area contributed by atoms with Crippen LogP contribution in [0.4, 0.5) is 11.5 Å². The van der Waals surface area contributed by atoms with Gasteiger partial charge in [0.05, 0.1) is 0 Å². The molecule has 2 N–H and O–H groups in total. The molecule has 5 rings (SSSR count). The third-order valence-corrected chi connectivity index (χ3v) is 5.21. The van der Waals surface area contributed by atoms with Crippen molar-refractivity contribution < 1.29 is 9.78 Å². The molecular weight excluding hydrogens is 370 g/mol. The second-order valence-corrected chi connectivity index (χ2v) is 7.19. The Kier molecular flexibility index (Phi) is 3.99. The van der Waals surface area contributed by atoms with Crippen LogP contribution < -0.4 is 15.2 Å². The third-order valence-electron chi connectivity index (χ3n) is 4.98. The van der Waals surface area contributed by atoms with Gasteiger partial charge in [0.15, 0.2) is 0 Å². The maximum absolute atomic E-state index is 13.6. The maximum atomic E-state index is 13.6. The number of rotatable bonds is 2. The Morgan fingerprint density at radius 3 is 2.50 bits per heavy atom. The summed E-state index contributed by atoms with van der Waals surface area (Å²) in [5, 5.41) is 5.13. The number of halogens is 1. The molecule has 2 heterocycles. The first kappa shape index (κ1) is 16.8. The number of nitrogens with one attached hydrogen (secondary N) is 2. The minimum atomic E-state index is -0.376. The third kappa shape index (κ3) is 2.79. The molecule has 0 aliphatic carbocycles. The molecule has 0 radical (unpaired) electrons. The van der Waals surface area contributed by atoms with Crippen LogP contribution in [0.2, 0.25) is 5.02 Å². The van der Waals surface area contributed by atoms with Crippen LogP contribution in [0.5, 0.6) is 0 Å². The highest BCUT2D eigenvalue weighted by molar-refractivity contribution is 6.30. The lowest BCUT2D eigenvalue weighted by Crippen LogP contribution is -2.45. The predicted molar refractivity (Wildman–Crippen MR) is 112 cm³/mol. The molecule has 0 bridgehead atoms. The average Bonchev–Trinajstić information content (AvgIpc) is 2.73. The molecular formula is C23H17ClN3O+. The van der Waals surface area contributed by atoms with Crippen LogP contribution in [0, 0.1) is 0 Å². The lowest BCUT2D eigenvalue weighted by Gasteiger charge is -2.33. The molecule has 4 nitrogen and oxygen atoms in total. The Bertz CT molecular complexity index is 1190. The number of para-hydroxylation sites is 2. The highest BCUT2D eigenvalue weighted by Crippen LogP contribution is 2.36. The number of carbonyl (C=O) groups excluding carboxylic acids is 1. The number of nitrogens with zero attached hydrogens (tertiary/aromatic N) is 1. The zero-order valence-corrected chi connectivity index (χ0v) is 15.6. The van der Waals surface area contributed by atoms with Crippen molar-refractivity contribution in [3.8, 4) is 0 Å². The van der Waals surface area contributed by atoms with Gasteiger partial charge in [0.1, 0.15) is 11.1 Å². The summed E-state index contributed by atoms with van der Waals surface area (Å²) >= 11 is 6.23. The Morgan fingerprint density at radius 2 is 1.68 bits per heavy atom. The number of anilines is 2. The molecule has 3 aromatic carbocycles. The van der Waals surface area contributed by atoms with E-state index in [2.05, 4.69) is 10.3 Å². The zero-order valence-electron chi connectivity index (χ0n) is 14.9. The highest BCUT2D eigenvalue weighted by Gasteiger charge is 2.39. The average molecular weight is 387 g/mol. The molecule has 0 saturated heterocycles. The van der Waals surface area contributed by atoms with Crippen molar-refractivity contribution in [1.82, 2.24) is 0 Å². The summed E-state index contributed by atoms with van der Waals surface area (Å²) in [5.41, 5.74) is 3.32. The van der Waals surface area contributed by atoms with Crippen LogP contribution in [0.15, 0.2) is 84.9 Å². The van der Waals surface area contributed by atoms with Gasteiger partial charge in [0, 0.05) is 21.7 Å². The highest BCUT2D eigenvalue weighted by atomic mass is 35.5. The van der Waals surface area contributed by atoms with Crippen LogP contribution in [0.1, 0.15) is 22.1 Å². The van der Waals surface area contributed by atoms with E-state index < -0.39 is 0 Å². The van der Waals surface area contributed by atoms with Gasteiger partial charge in [-0.3, -0.25) is 9.69 Å². The van der Waals surface area contributed by atoms with Gasteiger partial charge in [-0.1, -0.05) is 60.1 Å². The molecule has 1 aliphatic rings. The summed E-state index contributed by atoms with van der Waals surface area (Å²) in [6.07, 6.45) is -0.376. The van der Waals surface area contributed by atoms with Crippen molar-refractivity contribution in [2.75, 3.05) is 10.2 Å². The van der Waals surface area contributed by atoms with E-state index >= 15 is 0 Å². The fourth-order valence-electron chi connectivity index (χ4n) is 3.66. The SMILES string of the molecule is O=C1c2cc3ccccc3[nH+]c2N[C@@H](c2cccc(Cl)c2)N1c1ccccc1. The van der Waals surface area contributed by atoms with E-state index in [-0.39, 0.29) is 12.1 Å². The number of pyridine rings is 1. The fraction of sp³-hybridized carbons (Fsp3) is 0.0435. The first-order chi connectivity index (χ1) is 13.7. The quantitative estimate of drug-likeness (QED) is 0.522. The summed E-state index contributed by atoms with van der Waals surface area (Å²) < 4.78 is 0. The summed E-state index contributed by atoms with van der Waals surface area (Å²) in [6.45, 7) is 0. The topological polar surface area (TPSA) is 46.5 Å². The summed E-state index contributed by atoms with van der Waals surface area (Å²) in [4.78, 5) is 18.7. The fourth-order valence-corrected chi connectivity index (χ4v) is 3.86. The zero-order chi connectivity index (χ0) is 19.1. The van der Waals surface area contributed by atoms with E-state index in [4.69, 9.17) is 11.6 Å². The Hall–Kier alpha value is -3.37. The monoisotopic (exact) mass is 386 g/mol. The molecule has 4 aromatic rings. The molecule has 5 heteroatoms. The number of benzene rings is 3. The van der Waals surface area contributed by atoms with E-state index in [0.29, 0.717) is 16.4 Å². The van der Waals surface area contributed by atoms with Crippen molar-refractivity contribution in [1.29, 1.82) is 0 Å². The maximum Gasteiger partial charge on any atom is 0.287 e. The molecule has 0 fully saturated rings. The standard InChI is InChI=1S/C23H16ClN3O/c24-17-9-6-8-16(13-17)22-26-21-19(14-15-7-4-5-12-20(15)25-21)23(28)27(22)18-10-2-1-3-11-18/h1-14,22H,(H,25,26)/p+1/t22-/m1/s1. The molecule has 28 heavy (non-hydrogen) atoms. The number of amides is 1. The molecule has 0 spiro atoms. The normalized spacial score (nSPS) is 16.0. The predicted octanol–water partition coefficient (Wildman–Crippen LogP) is 5.08. The van der Waals surface area contributed by atoms with E-state index in [0.717, 1.165) is 22.2 Å². The van der Waals surface area contributed by atoms with Gasteiger partial charge in [-0.15, -0.1) is 0 Å². The number of H-pyrrole nitrogens is 1. The molecule has 1 aliphatic heterocycles. The largest absolute Gasteiger partial charge is 0.287 e. The van der Waals surface area contributed by atoms with Crippen molar-refractivity contribution in [2.45, 2.75) is 6.17 Å². The van der Waals surface area contributed by atoms with Gasteiger partial charge < -0.3 is 0 Å². The minimum absolute atomic E-state index is 0.0630. The van der Waals surface area contributed by atoms with E-state index in [1.54, 1.807) is 4.90 Å². The first-order valence-corrected chi connectivity index (χ1v) is 9.44. The molecule has 1 amide bonds. The van der Waals surface area contributed by atoms with Crippen LogP contribution in [0.3, 0.4) is 0 Å². The number of hydrogen-bond donors (Lipinski definition) is 1. The number of hydrogen-bond acceptors (Lipinski definition) is 2. The minimum Gasteiger partial charge on any atom is -0.268 e. The van der Waals surface area contributed by atoms with Gasteiger partial charge in [0.2, 0.25) is 6.17 Å². The van der Waals surface area contributed by atoms with E-state index in [1.165, 1.54) is 0 Å². The number of fused-ring (bicyclic) bond motifs is 2. The number of aromatic nitrogens is 1. The lowest BCUT2D eigenvalue weighted by atomic mass is 10.0. The first-order valence-electron chi connectivity index (χ1n) is 9.06. The Morgan fingerprint density at radius 1 is 0.893 bits per heavy atom. The summed E-state index contributed by atoms with van der Waals surface area (Å²) in [7, 11) is 0. The number of aromatic amines is 1. The summed E-state index contributed by atoms with van der Waals surface area (Å²) in [6, 6.07) is 27.1. The van der Waals surface area contributed by atoms with Gasteiger partial charge in [-0.25, -0.2) is 10.3 Å². The van der Waals surface area contributed by atoms with E-state index in [9.17, 15) is 4.79 Å². The molecule has 0 unspecified atom stereocenters. The van der Waals surface area contributed by atoms with Crippen molar-refractivity contribution in [2.24, 2.45) is 0 Å². The van der Waals surface area contributed by atoms with Gasteiger partial charge in [0.25, 0.3) is 11.7 Å². The van der Waals surface area contributed by atoms with Crippen LogP contribution in [0.25, 0.3) is 10.9 Å². The van der Waals surface area contributed by atoms with Gasteiger partial charge in [-0.05, 0) is 36.4 Å². The van der Waals surface area contributed by atoms with E-state index in [1.807, 2.05) is 84.9 Å². The number of carbonyl (C=O) groups is 1. The van der Waals surface area contributed by atoms with Gasteiger partial charge in [-0.2, -0.15) is 0 Å². The van der Waals surface area contributed by atoms with Crippen LogP contribution in [-0.4, -0.2) is 5.91 Å². The Labute approximate surface area is 167 Å². The van der Waals surface area contributed by atoms with Gasteiger partial charge >= 0.3 is 0 Å². The molecule has 0 saturated carbocycles. The Balaban J connectivity index is 1.71. The van der Waals surface area contributed by atoms with Crippen molar-refractivity contribution >= 4 is 39.9 Å². The van der Waals surface area contributed by atoms with Crippen molar-refractivity contribution in [3.05, 3.63) is 101 Å². The molecule has 1 atom stereocenters. The second-order valence-electron chi connectivity index (χ2n) is 6.76. The van der Waals surface area contributed by atoms with Crippen LogP contribution in [-0.2, 0) is 0 Å². The lowest BCUT2D eigenvalue weighted by molar-refractivity contribution is -0.328. The smallest absolute Gasteiger partial charge is 0.268 e. The molecule has 1 aromatic heterocycles. The summed E-state index contributed by atoms with van der Waals surface area (Å²) in [5.74, 6) is 0.646. The van der Waals surface area contributed by atoms with Crippen molar-refractivity contribution in [3.63, 3.8) is 0 Å². The molecule has 136 valence electrons. The van der Waals surface area contributed by atoms with Crippen LogP contribution >= 0.6 is 11.6 Å².